The average Bonchev–Trinajstić information content (AvgIpc) is 2.01. The van der Waals surface area contributed by atoms with Gasteiger partial charge in [0.25, 0.3) is 0 Å². The Hall–Kier alpha value is -0.470. The maximum absolute atomic E-state index is 9.42. The maximum Gasteiger partial charge on any atom is 0.0762 e. The van der Waals surface area contributed by atoms with Gasteiger partial charge in [-0.2, -0.15) is 11.8 Å². The zero-order valence-corrected chi connectivity index (χ0v) is 8.55. The highest BCUT2D eigenvalue weighted by molar-refractivity contribution is 8.00. The van der Waals surface area contributed by atoms with E-state index in [9.17, 15) is 5.11 Å². The quantitative estimate of drug-likeness (QED) is 0.781. The van der Waals surface area contributed by atoms with Crippen LogP contribution in [0.15, 0.2) is 24.3 Å². The van der Waals surface area contributed by atoms with E-state index in [2.05, 4.69) is 12.1 Å². The van der Waals surface area contributed by atoms with E-state index in [1.54, 1.807) is 0 Å². The lowest BCUT2D eigenvalue weighted by Gasteiger charge is -2.25. The Morgan fingerprint density at radius 2 is 2.23 bits per heavy atom. The second-order valence-electron chi connectivity index (χ2n) is 3.58. The van der Waals surface area contributed by atoms with Gasteiger partial charge < -0.3 is 5.11 Å². The molecule has 1 unspecified atom stereocenters. The topological polar surface area (TPSA) is 20.2 Å². The van der Waals surface area contributed by atoms with E-state index >= 15 is 0 Å². The first-order valence-electron chi connectivity index (χ1n) is 4.63. The standard InChI is InChI=1S/C11H14OS/c1-8(12)9-3-2-4-10(5-9)11-6-13-7-11/h2-5,8,11-12H,6-7H2,1H3. The molecule has 13 heavy (non-hydrogen) atoms. The highest BCUT2D eigenvalue weighted by Gasteiger charge is 2.20. The number of aliphatic hydroxyl groups is 1. The minimum absolute atomic E-state index is 0.340. The van der Waals surface area contributed by atoms with Crippen LogP contribution < -0.4 is 0 Å². The second kappa shape index (κ2) is 3.72. The van der Waals surface area contributed by atoms with Gasteiger partial charge in [-0.3, -0.25) is 0 Å². The van der Waals surface area contributed by atoms with Crippen molar-refractivity contribution in [3.8, 4) is 0 Å². The number of benzene rings is 1. The maximum atomic E-state index is 9.42. The molecule has 1 nitrogen and oxygen atoms in total. The minimum atomic E-state index is -0.340. The van der Waals surface area contributed by atoms with Gasteiger partial charge in [-0.15, -0.1) is 0 Å². The van der Waals surface area contributed by atoms with Gasteiger partial charge in [-0.1, -0.05) is 24.3 Å². The zero-order chi connectivity index (χ0) is 9.26. The molecule has 1 aliphatic heterocycles. The van der Waals surface area contributed by atoms with Crippen LogP contribution >= 0.6 is 11.8 Å². The molecule has 2 heteroatoms. The van der Waals surface area contributed by atoms with Crippen LogP contribution in [0, 0.1) is 0 Å². The minimum Gasteiger partial charge on any atom is -0.389 e. The van der Waals surface area contributed by atoms with Crippen LogP contribution in [0.4, 0.5) is 0 Å². The fourth-order valence-corrected chi connectivity index (χ4v) is 2.36. The number of hydrogen-bond donors (Lipinski definition) is 1. The van der Waals surface area contributed by atoms with Crippen molar-refractivity contribution >= 4 is 11.8 Å². The molecule has 0 amide bonds. The first-order valence-corrected chi connectivity index (χ1v) is 5.78. The van der Waals surface area contributed by atoms with Crippen molar-refractivity contribution in [2.75, 3.05) is 11.5 Å². The van der Waals surface area contributed by atoms with Crippen LogP contribution in [-0.2, 0) is 0 Å². The zero-order valence-electron chi connectivity index (χ0n) is 7.73. The third kappa shape index (κ3) is 1.89. The molecule has 0 radical (unpaired) electrons. The molecule has 1 fully saturated rings. The van der Waals surface area contributed by atoms with Crippen LogP contribution in [0.2, 0.25) is 0 Å². The highest BCUT2D eigenvalue weighted by Crippen LogP contribution is 2.34. The number of thioether (sulfide) groups is 1. The number of aliphatic hydroxyl groups excluding tert-OH is 1. The van der Waals surface area contributed by atoms with Gasteiger partial charge in [0.1, 0.15) is 0 Å². The first kappa shape index (κ1) is 9.10. The molecular formula is C11H14OS. The smallest absolute Gasteiger partial charge is 0.0762 e. The van der Waals surface area contributed by atoms with E-state index in [1.165, 1.54) is 17.1 Å². The van der Waals surface area contributed by atoms with Crippen LogP contribution in [0.3, 0.4) is 0 Å². The molecule has 0 bridgehead atoms. The van der Waals surface area contributed by atoms with E-state index in [0.717, 1.165) is 11.5 Å². The summed E-state index contributed by atoms with van der Waals surface area (Å²) in [6, 6.07) is 8.33. The summed E-state index contributed by atoms with van der Waals surface area (Å²) in [4.78, 5) is 0. The van der Waals surface area contributed by atoms with Gasteiger partial charge in [-0.25, -0.2) is 0 Å². The first-order chi connectivity index (χ1) is 6.27. The summed E-state index contributed by atoms with van der Waals surface area (Å²) in [5.41, 5.74) is 2.42. The van der Waals surface area contributed by atoms with E-state index < -0.39 is 0 Å². The van der Waals surface area contributed by atoms with Gasteiger partial charge in [0.15, 0.2) is 0 Å². The molecule has 1 aliphatic rings. The average molecular weight is 194 g/mol. The lowest BCUT2D eigenvalue weighted by atomic mass is 9.98. The lowest BCUT2D eigenvalue weighted by Crippen LogP contribution is -2.15. The third-order valence-corrected chi connectivity index (χ3v) is 3.78. The molecule has 1 N–H and O–H groups in total. The fourth-order valence-electron chi connectivity index (χ4n) is 1.50. The Labute approximate surface area is 83.2 Å². The van der Waals surface area contributed by atoms with E-state index in [1.807, 2.05) is 30.8 Å². The van der Waals surface area contributed by atoms with E-state index in [-0.39, 0.29) is 6.10 Å². The Bertz CT molecular complexity index is 292. The molecule has 0 saturated carbocycles. The SMILES string of the molecule is CC(O)c1cccc(C2CSC2)c1. The summed E-state index contributed by atoms with van der Waals surface area (Å²) >= 11 is 1.99. The van der Waals surface area contributed by atoms with Crippen molar-refractivity contribution in [3.05, 3.63) is 35.4 Å². The van der Waals surface area contributed by atoms with Gasteiger partial charge in [0.2, 0.25) is 0 Å². The monoisotopic (exact) mass is 194 g/mol. The Kier molecular flexibility index (Phi) is 2.61. The van der Waals surface area contributed by atoms with Crippen LogP contribution in [0.25, 0.3) is 0 Å². The van der Waals surface area contributed by atoms with Crippen LogP contribution in [-0.4, -0.2) is 16.6 Å². The lowest BCUT2D eigenvalue weighted by molar-refractivity contribution is 0.199. The summed E-state index contributed by atoms with van der Waals surface area (Å²) in [7, 11) is 0. The normalized spacial score (nSPS) is 19.5. The van der Waals surface area contributed by atoms with Crippen molar-refractivity contribution in [2.45, 2.75) is 18.9 Å². The van der Waals surface area contributed by atoms with Gasteiger partial charge >= 0.3 is 0 Å². The summed E-state index contributed by atoms with van der Waals surface area (Å²) in [6.45, 7) is 1.81. The van der Waals surface area contributed by atoms with Crippen molar-refractivity contribution in [3.63, 3.8) is 0 Å². The summed E-state index contributed by atoms with van der Waals surface area (Å²) in [6.07, 6.45) is -0.340. The molecule has 1 saturated heterocycles. The van der Waals surface area contributed by atoms with Gasteiger partial charge in [0, 0.05) is 17.4 Å². The summed E-state index contributed by atoms with van der Waals surface area (Å²) < 4.78 is 0. The molecule has 1 heterocycles. The predicted octanol–water partition coefficient (Wildman–Crippen LogP) is 2.57. The number of hydrogen-bond acceptors (Lipinski definition) is 2. The van der Waals surface area contributed by atoms with E-state index in [0.29, 0.717) is 0 Å². The molecule has 70 valence electrons. The third-order valence-electron chi connectivity index (χ3n) is 2.50. The van der Waals surface area contributed by atoms with Gasteiger partial charge in [0.05, 0.1) is 6.10 Å². The van der Waals surface area contributed by atoms with Crippen LogP contribution in [0.1, 0.15) is 30.1 Å². The molecule has 1 atom stereocenters. The van der Waals surface area contributed by atoms with Gasteiger partial charge in [-0.05, 0) is 18.1 Å². The molecule has 1 aromatic rings. The Morgan fingerprint density at radius 1 is 1.46 bits per heavy atom. The summed E-state index contributed by atoms with van der Waals surface area (Å²) in [5.74, 6) is 3.20. The second-order valence-corrected chi connectivity index (χ2v) is 4.66. The largest absolute Gasteiger partial charge is 0.389 e. The molecule has 0 aromatic heterocycles. The summed E-state index contributed by atoms with van der Waals surface area (Å²) in [5, 5.41) is 9.42. The van der Waals surface area contributed by atoms with Crippen molar-refractivity contribution < 1.29 is 5.11 Å². The molecule has 0 spiro atoms. The highest BCUT2D eigenvalue weighted by atomic mass is 32.2. The van der Waals surface area contributed by atoms with Crippen molar-refractivity contribution in [2.24, 2.45) is 0 Å². The van der Waals surface area contributed by atoms with Crippen molar-refractivity contribution in [1.29, 1.82) is 0 Å². The number of rotatable bonds is 2. The van der Waals surface area contributed by atoms with Crippen LogP contribution in [0.5, 0.6) is 0 Å². The molecule has 0 aliphatic carbocycles. The molecule has 2 rings (SSSR count). The Morgan fingerprint density at radius 3 is 2.77 bits per heavy atom. The molecule has 1 aromatic carbocycles. The molecular weight excluding hydrogens is 180 g/mol. The predicted molar refractivity (Wildman–Crippen MR) is 57.1 cm³/mol. The van der Waals surface area contributed by atoms with E-state index in [4.69, 9.17) is 0 Å². The fraction of sp³-hybridized carbons (Fsp3) is 0.455. The van der Waals surface area contributed by atoms with Crippen molar-refractivity contribution in [1.82, 2.24) is 0 Å². The Balaban J connectivity index is 2.21.